The van der Waals surface area contributed by atoms with Crippen LogP contribution in [0.1, 0.15) is 43.9 Å². The Morgan fingerprint density at radius 2 is 2.00 bits per heavy atom. The molecule has 1 aliphatic carbocycles. The van der Waals surface area contributed by atoms with Crippen LogP contribution >= 0.6 is 0 Å². The molecule has 0 spiro atoms. The largest absolute Gasteiger partial charge is 0.504 e. The monoisotopic (exact) mass is 433 g/mol. The van der Waals surface area contributed by atoms with Crippen molar-refractivity contribution in [3.8, 4) is 11.5 Å². The lowest BCUT2D eigenvalue weighted by molar-refractivity contribution is -0.117. The Morgan fingerprint density at radius 1 is 1.22 bits per heavy atom. The number of allylic oxidation sites excluding steroid dienone is 3. The van der Waals surface area contributed by atoms with E-state index in [0.717, 1.165) is 17.8 Å². The number of aromatic hydroxyl groups is 1. The van der Waals surface area contributed by atoms with E-state index >= 15 is 0 Å². The topological polar surface area (TPSA) is 101 Å². The molecular weight excluding hydrogens is 406 g/mol. The fourth-order valence-electron chi connectivity index (χ4n) is 4.54. The summed E-state index contributed by atoms with van der Waals surface area (Å²) in [5, 5.41) is 16.3. The number of phenols is 1. The van der Waals surface area contributed by atoms with E-state index in [9.17, 15) is 14.7 Å². The standard InChI is InChI=1S/C25H27N3O4/c1-13-10-17-24(19(30)11-13)23(16-8-9-18(29)20(12-16)32-4)22(15(3)27-17)25(31)28-21-7-5-6-14(2)26-21/h5-9,12-13,23,27,29H,10-11H2,1-4H3,(H,26,28,31)/t13-,23-/m0/s1. The van der Waals surface area contributed by atoms with Gasteiger partial charge in [0.25, 0.3) is 5.91 Å². The number of pyridine rings is 1. The number of anilines is 1. The minimum atomic E-state index is -0.578. The Balaban J connectivity index is 1.82. The number of nitrogens with one attached hydrogen (secondary N) is 2. The number of methoxy groups -OCH3 is 1. The quantitative estimate of drug-likeness (QED) is 0.675. The van der Waals surface area contributed by atoms with E-state index in [1.807, 2.05) is 32.9 Å². The van der Waals surface area contributed by atoms with Crippen LogP contribution in [0.15, 0.2) is 58.9 Å². The number of aromatic nitrogens is 1. The van der Waals surface area contributed by atoms with E-state index in [2.05, 4.69) is 15.6 Å². The van der Waals surface area contributed by atoms with Gasteiger partial charge in [-0.05, 0) is 56.0 Å². The van der Waals surface area contributed by atoms with Gasteiger partial charge in [0.2, 0.25) is 0 Å². The van der Waals surface area contributed by atoms with Gasteiger partial charge in [0.05, 0.1) is 7.11 Å². The second kappa shape index (κ2) is 8.49. The molecule has 7 heteroatoms. The number of nitrogens with zero attached hydrogens (tertiary/aromatic N) is 1. The molecule has 0 saturated carbocycles. The number of ketones is 1. The maximum absolute atomic E-state index is 13.5. The van der Waals surface area contributed by atoms with Crippen molar-refractivity contribution in [2.45, 2.75) is 39.5 Å². The van der Waals surface area contributed by atoms with Crippen molar-refractivity contribution in [2.75, 3.05) is 12.4 Å². The number of benzene rings is 1. The third-order valence-corrected chi connectivity index (χ3v) is 5.94. The average molecular weight is 434 g/mol. The molecule has 1 aromatic carbocycles. The number of ether oxygens (including phenoxy) is 1. The first kappa shape index (κ1) is 21.6. The van der Waals surface area contributed by atoms with Gasteiger partial charge in [0.15, 0.2) is 17.3 Å². The molecule has 7 nitrogen and oxygen atoms in total. The molecule has 32 heavy (non-hydrogen) atoms. The van der Waals surface area contributed by atoms with Crippen molar-refractivity contribution in [1.29, 1.82) is 0 Å². The number of carbonyl (C=O) groups is 2. The predicted molar refractivity (Wildman–Crippen MR) is 121 cm³/mol. The van der Waals surface area contributed by atoms with Crippen LogP contribution in [0.2, 0.25) is 0 Å². The van der Waals surface area contributed by atoms with Gasteiger partial charge in [-0.15, -0.1) is 0 Å². The predicted octanol–water partition coefficient (Wildman–Crippen LogP) is 3.96. The van der Waals surface area contributed by atoms with Gasteiger partial charge in [0.1, 0.15) is 5.82 Å². The van der Waals surface area contributed by atoms with E-state index in [4.69, 9.17) is 4.74 Å². The van der Waals surface area contributed by atoms with Gasteiger partial charge in [-0.1, -0.05) is 19.1 Å². The lowest BCUT2D eigenvalue weighted by Crippen LogP contribution is -2.37. The molecule has 1 aliphatic heterocycles. The summed E-state index contributed by atoms with van der Waals surface area (Å²) in [5.74, 6) is 0.0730. The first-order valence-corrected chi connectivity index (χ1v) is 10.6. The van der Waals surface area contributed by atoms with Gasteiger partial charge in [-0.3, -0.25) is 9.59 Å². The van der Waals surface area contributed by atoms with Crippen LogP contribution < -0.4 is 15.4 Å². The minimum absolute atomic E-state index is 0.00126. The van der Waals surface area contributed by atoms with Gasteiger partial charge >= 0.3 is 0 Å². The highest BCUT2D eigenvalue weighted by atomic mass is 16.5. The van der Waals surface area contributed by atoms with E-state index in [1.54, 1.807) is 18.2 Å². The van der Waals surface area contributed by atoms with Gasteiger partial charge in [0, 0.05) is 40.6 Å². The minimum Gasteiger partial charge on any atom is -0.504 e. The molecule has 3 N–H and O–H groups in total. The first-order chi connectivity index (χ1) is 15.3. The molecule has 1 amide bonds. The maximum atomic E-state index is 13.5. The number of hydrogen-bond acceptors (Lipinski definition) is 6. The Bertz CT molecular complexity index is 1170. The van der Waals surface area contributed by atoms with Crippen molar-refractivity contribution < 1.29 is 19.4 Å². The molecule has 166 valence electrons. The summed E-state index contributed by atoms with van der Waals surface area (Å²) in [4.78, 5) is 31.0. The number of Topliss-reactive ketones (excluding diaryl/α,β-unsaturated/α-hetero) is 1. The molecule has 0 radical (unpaired) electrons. The number of amides is 1. The summed E-state index contributed by atoms with van der Waals surface area (Å²) < 4.78 is 5.29. The van der Waals surface area contributed by atoms with Crippen molar-refractivity contribution in [2.24, 2.45) is 5.92 Å². The molecule has 0 unspecified atom stereocenters. The van der Waals surface area contributed by atoms with E-state index in [0.29, 0.717) is 34.6 Å². The molecule has 2 atom stereocenters. The van der Waals surface area contributed by atoms with E-state index < -0.39 is 5.92 Å². The first-order valence-electron chi connectivity index (χ1n) is 10.6. The van der Waals surface area contributed by atoms with Gasteiger partial charge in [-0.2, -0.15) is 0 Å². The normalized spacial score (nSPS) is 20.6. The van der Waals surface area contributed by atoms with Gasteiger partial charge in [-0.25, -0.2) is 4.98 Å². The number of aryl methyl sites for hydroxylation is 1. The number of dihydropyridines is 1. The summed E-state index contributed by atoms with van der Waals surface area (Å²) in [5.41, 5.74) is 4.09. The van der Waals surface area contributed by atoms with Crippen LogP contribution in [0.4, 0.5) is 5.82 Å². The lowest BCUT2D eigenvalue weighted by atomic mass is 9.73. The molecule has 2 aliphatic rings. The summed E-state index contributed by atoms with van der Waals surface area (Å²) in [6.45, 7) is 5.75. The Hall–Kier alpha value is -3.61. The molecule has 2 aromatic rings. The number of rotatable bonds is 4. The third-order valence-electron chi connectivity index (χ3n) is 5.94. The average Bonchev–Trinajstić information content (AvgIpc) is 2.72. The molecule has 2 heterocycles. The summed E-state index contributed by atoms with van der Waals surface area (Å²) >= 11 is 0. The fourth-order valence-corrected chi connectivity index (χ4v) is 4.54. The number of carbonyl (C=O) groups excluding carboxylic acids is 2. The zero-order valence-electron chi connectivity index (χ0n) is 18.7. The van der Waals surface area contributed by atoms with Crippen molar-refractivity contribution in [3.05, 3.63) is 70.2 Å². The second-order valence-electron chi connectivity index (χ2n) is 8.48. The van der Waals surface area contributed by atoms with Crippen LogP contribution in [0, 0.1) is 12.8 Å². The fraction of sp³-hybridized carbons (Fsp3) is 0.320. The van der Waals surface area contributed by atoms with Crippen LogP contribution in [0.25, 0.3) is 0 Å². The smallest absolute Gasteiger partial charge is 0.255 e. The molecule has 1 aromatic heterocycles. The Kier molecular flexibility index (Phi) is 5.74. The highest BCUT2D eigenvalue weighted by Gasteiger charge is 2.40. The Labute approximate surface area is 187 Å². The zero-order chi connectivity index (χ0) is 23.0. The zero-order valence-corrected chi connectivity index (χ0v) is 18.7. The van der Waals surface area contributed by atoms with Crippen molar-refractivity contribution in [3.63, 3.8) is 0 Å². The highest BCUT2D eigenvalue weighted by molar-refractivity contribution is 6.09. The SMILES string of the molecule is COc1cc([C@H]2C(C(=O)Nc3cccc(C)n3)=C(C)NC3=C2C(=O)C[C@@H](C)C3)ccc1O. The van der Waals surface area contributed by atoms with Crippen LogP contribution in [-0.2, 0) is 9.59 Å². The van der Waals surface area contributed by atoms with E-state index in [1.165, 1.54) is 13.2 Å². The lowest BCUT2D eigenvalue weighted by Gasteiger charge is -2.36. The molecule has 0 saturated heterocycles. The second-order valence-corrected chi connectivity index (χ2v) is 8.48. The molecule has 0 bridgehead atoms. The summed E-state index contributed by atoms with van der Waals surface area (Å²) in [7, 11) is 1.47. The van der Waals surface area contributed by atoms with Crippen LogP contribution in [-0.4, -0.2) is 28.9 Å². The third kappa shape index (κ3) is 3.98. The van der Waals surface area contributed by atoms with Crippen molar-refractivity contribution >= 4 is 17.5 Å². The van der Waals surface area contributed by atoms with Crippen LogP contribution in [0.5, 0.6) is 11.5 Å². The molecule has 4 rings (SSSR count). The maximum Gasteiger partial charge on any atom is 0.255 e. The van der Waals surface area contributed by atoms with Crippen molar-refractivity contribution in [1.82, 2.24) is 10.3 Å². The summed E-state index contributed by atoms with van der Waals surface area (Å²) in [6, 6.07) is 10.4. The Morgan fingerprint density at radius 3 is 2.72 bits per heavy atom. The molecule has 0 fully saturated rings. The summed E-state index contributed by atoms with van der Waals surface area (Å²) in [6.07, 6.45) is 1.16. The molecular formula is C25H27N3O4. The van der Waals surface area contributed by atoms with E-state index in [-0.39, 0.29) is 29.1 Å². The van der Waals surface area contributed by atoms with Gasteiger partial charge < -0.3 is 20.5 Å². The van der Waals surface area contributed by atoms with Crippen LogP contribution in [0.3, 0.4) is 0 Å². The highest BCUT2D eigenvalue weighted by Crippen LogP contribution is 2.45. The number of hydrogen-bond donors (Lipinski definition) is 3. The number of phenolic OH excluding ortho intramolecular Hbond substituents is 1.